The SMILES string of the molecule is C=C1CCC[C@]2(C)C[C@H]3OC(=O)[C@H](CN4CCN(c5ccc(C)c(C)c5)CC4)[C@H]3C[C@H]12. The van der Waals surface area contributed by atoms with E-state index in [4.69, 9.17) is 4.74 Å². The number of piperazine rings is 1. The zero-order chi connectivity index (χ0) is 21.8. The van der Waals surface area contributed by atoms with Gasteiger partial charge in [0.25, 0.3) is 0 Å². The number of benzene rings is 1. The quantitative estimate of drug-likeness (QED) is 0.520. The fraction of sp³-hybridized carbons (Fsp3) is 0.667. The van der Waals surface area contributed by atoms with Crippen LogP contribution >= 0.6 is 0 Å². The van der Waals surface area contributed by atoms with E-state index in [1.165, 1.54) is 35.2 Å². The van der Waals surface area contributed by atoms with Gasteiger partial charge in [-0.3, -0.25) is 9.69 Å². The maximum absolute atomic E-state index is 12.9. The summed E-state index contributed by atoms with van der Waals surface area (Å²) in [7, 11) is 0. The molecular weight excluding hydrogens is 384 g/mol. The van der Waals surface area contributed by atoms with Crippen LogP contribution in [0.4, 0.5) is 5.69 Å². The molecule has 4 nitrogen and oxygen atoms in total. The van der Waals surface area contributed by atoms with E-state index in [-0.39, 0.29) is 23.4 Å². The number of aryl methyl sites for hydroxylation is 2. The number of fused-ring (bicyclic) bond motifs is 2. The van der Waals surface area contributed by atoms with Crippen molar-refractivity contribution in [3.63, 3.8) is 0 Å². The molecule has 4 aliphatic rings. The van der Waals surface area contributed by atoms with Gasteiger partial charge in [0.1, 0.15) is 6.10 Å². The molecule has 2 heterocycles. The molecule has 0 aromatic heterocycles. The van der Waals surface area contributed by atoms with E-state index >= 15 is 0 Å². The van der Waals surface area contributed by atoms with Crippen LogP contribution in [0.5, 0.6) is 0 Å². The molecule has 4 heteroatoms. The maximum Gasteiger partial charge on any atom is 0.310 e. The smallest absolute Gasteiger partial charge is 0.310 e. The van der Waals surface area contributed by atoms with Crippen LogP contribution in [0.2, 0.25) is 0 Å². The van der Waals surface area contributed by atoms with Gasteiger partial charge in [-0.25, -0.2) is 0 Å². The molecule has 2 aliphatic heterocycles. The van der Waals surface area contributed by atoms with E-state index in [9.17, 15) is 4.79 Å². The van der Waals surface area contributed by atoms with E-state index in [1.54, 1.807) is 0 Å². The van der Waals surface area contributed by atoms with Gasteiger partial charge in [0, 0.05) is 44.3 Å². The molecule has 0 spiro atoms. The molecule has 0 amide bonds. The topological polar surface area (TPSA) is 32.8 Å². The van der Waals surface area contributed by atoms with Gasteiger partial charge < -0.3 is 9.64 Å². The molecule has 168 valence electrons. The Morgan fingerprint density at radius 1 is 1.16 bits per heavy atom. The largest absolute Gasteiger partial charge is 0.462 e. The highest BCUT2D eigenvalue weighted by Crippen LogP contribution is 2.56. The van der Waals surface area contributed by atoms with Crippen molar-refractivity contribution in [2.45, 2.75) is 59.0 Å². The first kappa shape index (κ1) is 21.1. The number of rotatable bonds is 3. The summed E-state index contributed by atoms with van der Waals surface area (Å²) >= 11 is 0. The lowest BCUT2D eigenvalue weighted by Crippen LogP contribution is -2.50. The first-order valence-corrected chi connectivity index (χ1v) is 12.3. The summed E-state index contributed by atoms with van der Waals surface area (Å²) < 4.78 is 5.98. The van der Waals surface area contributed by atoms with Crippen LogP contribution in [0.3, 0.4) is 0 Å². The fourth-order valence-electron chi connectivity index (χ4n) is 6.85. The van der Waals surface area contributed by atoms with Gasteiger partial charge in [-0.1, -0.05) is 25.1 Å². The molecule has 31 heavy (non-hydrogen) atoms. The molecule has 4 fully saturated rings. The highest BCUT2D eigenvalue weighted by Gasteiger charge is 2.55. The molecule has 5 atom stereocenters. The highest BCUT2D eigenvalue weighted by atomic mass is 16.6. The second-order valence-electron chi connectivity index (χ2n) is 11.0. The number of hydrogen-bond donors (Lipinski definition) is 0. The molecule has 5 rings (SSSR count). The number of allylic oxidation sites excluding steroid dienone is 1. The summed E-state index contributed by atoms with van der Waals surface area (Å²) in [5.41, 5.74) is 5.73. The molecule has 0 radical (unpaired) electrons. The number of carbonyl (C=O) groups excluding carboxylic acids is 1. The van der Waals surface area contributed by atoms with Crippen molar-refractivity contribution in [1.82, 2.24) is 4.90 Å². The van der Waals surface area contributed by atoms with Crippen LogP contribution in [0, 0.1) is 37.0 Å². The first-order valence-electron chi connectivity index (χ1n) is 12.3. The van der Waals surface area contributed by atoms with Crippen molar-refractivity contribution in [2.75, 3.05) is 37.6 Å². The summed E-state index contributed by atoms with van der Waals surface area (Å²) in [4.78, 5) is 17.9. The maximum atomic E-state index is 12.9. The Morgan fingerprint density at radius 2 is 1.94 bits per heavy atom. The van der Waals surface area contributed by atoms with Crippen molar-refractivity contribution in [3.8, 4) is 0 Å². The third-order valence-electron chi connectivity index (χ3n) is 9.00. The van der Waals surface area contributed by atoms with E-state index in [2.05, 4.69) is 55.3 Å². The van der Waals surface area contributed by atoms with Crippen LogP contribution in [-0.4, -0.2) is 49.7 Å². The zero-order valence-electron chi connectivity index (χ0n) is 19.5. The Bertz CT molecular complexity index is 872. The van der Waals surface area contributed by atoms with E-state index in [0.29, 0.717) is 11.8 Å². The normalized spacial score (nSPS) is 36.2. The lowest BCUT2D eigenvalue weighted by atomic mass is 9.55. The molecule has 0 bridgehead atoms. The van der Waals surface area contributed by atoms with Gasteiger partial charge in [-0.05, 0) is 80.5 Å². The van der Waals surface area contributed by atoms with Crippen LogP contribution in [0.15, 0.2) is 30.4 Å². The number of anilines is 1. The van der Waals surface area contributed by atoms with Gasteiger partial charge in [-0.15, -0.1) is 0 Å². The lowest BCUT2D eigenvalue weighted by molar-refractivity contribution is -0.146. The molecular formula is C27H38N2O2. The standard InChI is InChI=1S/C27H38N2O2/c1-18-7-8-21(14-20(18)3)29-12-10-28(11-13-29)17-23-22-15-24-19(2)6-5-9-27(24,4)16-25(22)31-26(23)30/h7-8,14,22-25H,2,5-6,9-13,15-17H2,1,3-4H3/t22-,23-,24-,25-,27-/m1/s1. The Labute approximate surface area is 187 Å². The number of hydrogen-bond acceptors (Lipinski definition) is 4. The van der Waals surface area contributed by atoms with E-state index in [0.717, 1.165) is 52.0 Å². The average molecular weight is 423 g/mol. The highest BCUT2D eigenvalue weighted by molar-refractivity contribution is 5.75. The minimum atomic E-state index is 0.0393. The van der Waals surface area contributed by atoms with Gasteiger partial charge in [0.05, 0.1) is 5.92 Å². The van der Waals surface area contributed by atoms with Gasteiger partial charge >= 0.3 is 5.97 Å². The Kier molecular flexibility index (Phi) is 5.40. The van der Waals surface area contributed by atoms with Crippen molar-refractivity contribution >= 4 is 11.7 Å². The number of carbonyl (C=O) groups is 1. The molecule has 1 aromatic rings. The van der Waals surface area contributed by atoms with Crippen LogP contribution in [0.25, 0.3) is 0 Å². The van der Waals surface area contributed by atoms with Crippen LogP contribution in [-0.2, 0) is 9.53 Å². The number of ether oxygens (including phenoxy) is 1. The summed E-state index contributed by atoms with van der Waals surface area (Å²) in [6.07, 6.45) is 5.91. The first-order chi connectivity index (χ1) is 14.8. The summed E-state index contributed by atoms with van der Waals surface area (Å²) in [5, 5.41) is 0. The summed E-state index contributed by atoms with van der Waals surface area (Å²) in [6.45, 7) is 16.1. The van der Waals surface area contributed by atoms with Crippen LogP contribution < -0.4 is 4.90 Å². The van der Waals surface area contributed by atoms with Crippen molar-refractivity contribution < 1.29 is 9.53 Å². The van der Waals surface area contributed by atoms with Crippen molar-refractivity contribution in [3.05, 3.63) is 41.5 Å². The fourth-order valence-corrected chi connectivity index (χ4v) is 6.85. The van der Waals surface area contributed by atoms with E-state index in [1.807, 2.05) is 0 Å². The zero-order valence-corrected chi connectivity index (χ0v) is 19.5. The predicted molar refractivity (Wildman–Crippen MR) is 125 cm³/mol. The van der Waals surface area contributed by atoms with Crippen LogP contribution in [0.1, 0.15) is 50.2 Å². The molecule has 0 N–H and O–H groups in total. The van der Waals surface area contributed by atoms with Gasteiger partial charge in [-0.2, -0.15) is 0 Å². The molecule has 2 saturated heterocycles. The third-order valence-corrected chi connectivity index (χ3v) is 9.00. The Balaban J connectivity index is 1.22. The molecule has 0 unspecified atom stereocenters. The Morgan fingerprint density at radius 3 is 2.68 bits per heavy atom. The average Bonchev–Trinajstić information content (AvgIpc) is 3.03. The second kappa shape index (κ2) is 7.95. The lowest BCUT2D eigenvalue weighted by Gasteiger charge is -2.50. The number of nitrogens with zero attached hydrogens (tertiary/aromatic N) is 2. The van der Waals surface area contributed by atoms with Gasteiger partial charge in [0.2, 0.25) is 0 Å². The third kappa shape index (κ3) is 3.82. The summed E-state index contributed by atoms with van der Waals surface area (Å²) in [6, 6.07) is 6.77. The number of esters is 1. The van der Waals surface area contributed by atoms with Crippen molar-refractivity contribution in [1.29, 1.82) is 0 Å². The van der Waals surface area contributed by atoms with E-state index < -0.39 is 0 Å². The Hall–Kier alpha value is -1.81. The minimum absolute atomic E-state index is 0.0393. The predicted octanol–water partition coefficient (Wildman–Crippen LogP) is 4.74. The monoisotopic (exact) mass is 422 g/mol. The summed E-state index contributed by atoms with van der Waals surface area (Å²) in [5.74, 6) is 1.04. The van der Waals surface area contributed by atoms with Gasteiger partial charge in [0.15, 0.2) is 0 Å². The molecule has 1 aromatic carbocycles. The second-order valence-corrected chi connectivity index (χ2v) is 11.0. The molecule has 2 aliphatic carbocycles. The minimum Gasteiger partial charge on any atom is -0.462 e. The van der Waals surface area contributed by atoms with Crippen molar-refractivity contribution in [2.24, 2.45) is 23.2 Å². The molecule has 2 saturated carbocycles.